The van der Waals surface area contributed by atoms with Crippen molar-refractivity contribution in [2.75, 3.05) is 45.2 Å². The van der Waals surface area contributed by atoms with Crippen molar-refractivity contribution in [1.29, 1.82) is 0 Å². The van der Waals surface area contributed by atoms with Gasteiger partial charge in [0, 0.05) is 50.3 Å². The van der Waals surface area contributed by atoms with Gasteiger partial charge in [-0.25, -0.2) is 0 Å². The number of Topliss-reactive ketones (excluding diaryl/α,β-unsaturated/α-hetero) is 1. The Labute approximate surface area is 173 Å². The van der Waals surface area contributed by atoms with E-state index in [9.17, 15) is 18.0 Å². The number of methoxy groups -OCH3 is 1. The van der Waals surface area contributed by atoms with Crippen LogP contribution in [0, 0.1) is 5.92 Å². The first-order valence-electron chi connectivity index (χ1n) is 9.97. The molecule has 1 unspecified atom stereocenters. The minimum atomic E-state index is -4.49. The van der Waals surface area contributed by atoms with Gasteiger partial charge in [0.25, 0.3) is 0 Å². The highest BCUT2D eigenvalue weighted by Gasteiger charge is 2.38. The van der Waals surface area contributed by atoms with Crippen molar-refractivity contribution in [2.24, 2.45) is 5.92 Å². The molecule has 0 N–H and O–H groups in total. The number of carbonyl (C=O) groups is 1. The maximum atomic E-state index is 13.3. The maximum Gasteiger partial charge on any atom is 0.418 e. The number of halogens is 3. The monoisotopic (exact) mass is 419 g/mol. The largest absolute Gasteiger partial charge is 0.495 e. The van der Waals surface area contributed by atoms with Crippen molar-refractivity contribution in [1.82, 2.24) is 9.88 Å². The number of piperazine rings is 1. The summed E-state index contributed by atoms with van der Waals surface area (Å²) in [6.07, 6.45) is -2.77. The minimum absolute atomic E-state index is 0.0324. The zero-order chi connectivity index (χ0) is 21.5. The van der Waals surface area contributed by atoms with E-state index in [1.807, 2.05) is 6.07 Å². The Morgan fingerprint density at radius 2 is 1.93 bits per heavy atom. The van der Waals surface area contributed by atoms with Gasteiger partial charge in [-0.3, -0.25) is 9.78 Å². The molecule has 2 heterocycles. The summed E-state index contributed by atoms with van der Waals surface area (Å²) in [4.78, 5) is 21.4. The Kier molecular flexibility index (Phi) is 5.44. The van der Waals surface area contributed by atoms with Crippen LogP contribution in [0.25, 0.3) is 0 Å². The lowest BCUT2D eigenvalue weighted by molar-refractivity contribution is -0.138. The Hall–Kier alpha value is -2.61. The molecule has 2 aliphatic rings. The zero-order valence-electron chi connectivity index (χ0n) is 17.0. The number of rotatable bonds is 4. The highest BCUT2D eigenvalue weighted by molar-refractivity contribution is 6.03. The van der Waals surface area contributed by atoms with Crippen molar-refractivity contribution in [3.05, 3.63) is 52.8 Å². The molecule has 30 heavy (non-hydrogen) atoms. The van der Waals surface area contributed by atoms with Gasteiger partial charge >= 0.3 is 6.18 Å². The number of ketones is 1. The summed E-state index contributed by atoms with van der Waals surface area (Å²) in [5.74, 6) is -0.0726. The molecule has 1 aromatic heterocycles. The van der Waals surface area contributed by atoms with Crippen LogP contribution < -0.4 is 9.64 Å². The van der Waals surface area contributed by atoms with Crippen molar-refractivity contribution >= 4 is 11.5 Å². The molecule has 8 heteroatoms. The predicted octanol–water partition coefficient (Wildman–Crippen LogP) is 3.46. The number of hydrogen-bond donors (Lipinski definition) is 0. The Morgan fingerprint density at radius 1 is 1.20 bits per heavy atom. The second-order valence-electron chi connectivity index (χ2n) is 7.94. The molecule has 160 valence electrons. The average Bonchev–Trinajstić information content (AvgIpc) is 3.02. The number of fused-ring (bicyclic) bond motifs is 1. The lowest BCUT2D eigenvalue weighted by atomic mass is 9.96. The third kappa shape index (κ3) is 3.88. The molecule has 1 fully saturated rings. The third-order valence-corrected chi connectivity index (χ3v) is 5.99. The van der Waals surface area contributed by atoms with Gasteiger partial charge in [-0.15, -0.1) is 0 Å². The molecular formula is C22H24F3N3O2. The third-order valence-electron chi connectivity index (χ3n) is 5.99. The second-order valence-corrected chi connectivity index (χ2v) is 7.94. The molecule has 5 nitrogen and oxygen atoms in total. The first-order valence-corrected chi connectivity index (χ1v) is 9.97. The number of benzene rings is 1. The average molecular weight is 419 g/mol. The molecule has 1 aliphatic carbocycles. The van der Waals surface area contributed by atoms with Gasteiger partial charge in [-0.05, 0) is 43.3 Å². The molecule has 0 spiro atoms. The van der Waals surface area contributed by atoms with E-state index in [0.717, 1.165) is 43.5 Å². The van der Waals surface area contributed by atoms with Gasteiger partial charge < -0.3 is 14.5 Å². The summed E-state index contributed by atoms with van der Waals surface area (Å²) in [7, 11) is 3.65. The SMILES string of the molecule is COc1cc2c(cc1N1CCN(C)CC1)CC(Cc1ncccc1C(F)(F)F)C2=O. The number of hydrogen-bond acceptors (Lipinski definition) is 5. The maximum absolute atomic E-state index is 13.3. The van der Waals surface area contributed by atoms with Crippen LogP contribution in [0.2, 0.25) is 0 Å². The summed E-state index contributed by atoms with van der Waals surface area (Å²) < 4.78 is 45.5. The van der Waals surface area contributed by atoms with Crippen LogP contribution >= 0.6 is 0 Å². The minimum Gasteiger partial charge on any atom is -0.495 e. The first kappa shape index (κ1) is 20.7. The van der Waals surface area contributed by atoms with Gasteiger partial charge in [0.1, 0.15) is 5.75 Å². The van der Waals surface area contributed by atoms with Gasteiger partial charge in [-0.2, -0.15) is 13.2 Å². The van der Waals surface area contributed by atoms with Crippen molar-refractivity contribution in [2.45, 2.75) is 19.0 Å². The number of ether oxygens (including phenoxy) is 1. The number of pyridine rings is 1. The summed E-state index contributed by atoms with van der Waals surface area (Å²) in [6, 6.07) is 6.00. The van der Waals surface area contributed by atoms with E-state index < -0.39 is 17.7 Å². The number of likely N-dealkylation sites (N-methyl/N-ethyl adjacent to an activating group) is 1. The van der Waals surface area contributed by atoms with Crippen molar-refractivity contribution in [3.63, 3.8) is 0 Å². The van der Waals surface area contributed by atoms with E-state index in [-0.39, 0.29) is 17.9 Å². The fourth-order valence-corrected chi connectivity index (χ4v) is 4.30. The zero-order valence-corrected chi connectivity index (χ0v) is 17.0. The normalized spacial score (nSPS) is 19.8. The predicted molar refractivity (Wildman–Crippen MR) is 107 cm³/mol. The molecule has 1 aliphatic heterocycles. The second kappa shape index (κ2) is 7.91. The van der Waals surface area contributed by atoms with Gasteiger partial charge in [0.15, 0.2) is 5.78 Å². The smallest absolute Gasteiger partial charge is 0.418 e. The molecular weight excluding hydrogens is 395 g/mol. The van der Waals surface area contributed by atoms with Crippen molar-refractivity contribution in [3.8, 4) is 5.75 Å². The van der Waals surface area contributed by atoms with Gasteiger partial charge in [0.05, 0.1) is 24.1 Å². The van der Waals surface area contributed by atoms with E-state index >= 15 is 0 Å². The van der Waals surface area contributed by atoms with E-state index in [2.05, 4.69) is 21.8 Å². The molecule has 2 aromatic rings. The van der Waals surface area contributed by atoms with Crippen LogP contribution in [-0.2, 0) is 19.0 Å². The molecule has 0 amide bonds. The summed E-state index contributed by atoms with van der Waals surface area (Å²) in [6.45, 7) is 3.57. The first-order chi connectivity index (χ1) is 14.3. The number of alkyl halides is 3. The van der Waals surface area contributed by atoms with Crippen LogP contribution in [-0.4, -0.2) is 56.0 Å². The van der Waals surface area contributed by atoms with E-state index in [4.69, 9.17) is 4.74 Å². The molecule has 1 aromatic carbocycles. The van der Waals surface area contributed by atoms with Crippen LogP contribution in [0.4, 0.5) is 18.9 Å². The Bertz CT molecular complexity index is 953. The summed E-state index contributed by atoms with van der Waals surface area (Å²) in [5, 5.41) is 0. The topological polar surface area (TPSA) is 45.7 Å². The highest BCUT2D eigenvalue weighted by Crippen LogP contribution is 2.39. The molecule has 0 bridgehead atoms. The number of nitrogens with zero attached hydrogens (tertiary/aromatic N) is 3. The number of aromatic nitrogens is 1. The van der Waals surface area contributed by atoms with E-state index in [0.29, 0.717) is 17.7 Å². The number of carbonyl (C=O) groups excluding carboxylic acids is 1. The van der Waals surface area contributed by atoms with Crippen LogP contribution in [0.3, 0.4) is 0 Å². The fourth-order valence-electron chi connectivity index (χ4n) is 4.30. The standard InChI is InChI=1S/C22H24F3N3O2/c1-27-6-8-28(9-7-27)19-12-14-10-15(21(29)16(14)13-20(19)30-2)11-18-17(22(23,24)25)4-3-5-26-18/h3-5,12-13,15H,6-11H2,1-2H3. The lowest BCUT2D eigenvalue weighted by Crippen LogP contribution is -2.44. The summed E-state index contributed by atoms with van der Waals surface area (Å²) >= 11 is 0. The van der Waals surface area contributed by atoms with E-state index in [1.165, 1.54) is 12.3 Å². The lowest BCUT2D eigenvalue weighted by Gasteiger charge is -2.35. The Balaban J connectivity index is 1.61. The highest BCUT2D eigenvalue weighted by atomic mass is 19.4. The number of anilines is 1. The van der Waals surface area contributed by atoms with Crippen LogP contribution in [0.1, 0.15) is 27.2 Å². The van der Waals surface area contributed by atoms with E-state index in [1.54, 1.807) is 13.2 Å². The molecule has 4 rings (SSSR count). The quantitative estimate of drug-likeness (QED) is 0.760. The summed E-state index contributed by atoms with van der Waals surface area (Å²) in [5.41, 5.74) is 1.49. The van der Waals surface area contributed by atoms with Crippen LogP contribution in [0.5, 0.6) is 5.75 Å². The molecule has 0 saturated carbocycles. The van der Waals surface area contributed by atoms with Crippen molar-refractivity contribution < 1.29 is 22.7 Å². The van der Waals surface area contributed by atoms with Crippen LogP contribution in [0.15, 0.2) is 30.5 Å². The molecule has 1 saturated heterocycles. The van der Waals surface area contributed by atoms with Gasteiger partial charge in [0.2, 0.25) is 0 Å². The molecule has 0 radical (unpaired) electrons. The molecule has 1 atom stereocenters. The fraction of sp³-hybridized carbons (Fsp3) is 0.455. The van der Waals surface area contributed by atoms with Gasteiger partial charge in [-0.1, -0.05) is 0 Å². The Morgan fingerprint density at radius 3 is 2.60 bits per heavy atom.